The van der Waals surface area contributed by atoms with Gasteiger partial charge in [0.25, 0.3) is 0 Å². The normalized spacial score (nSPS) is 14.1. The zero-order valence-electron chi connectivity index (χ0n) is 63.5. The van der Waals surface area contributed by atoms with E-state index < -0.39 is 26.5 Å². The van der Waals surface area contributed by atoms with Crippen molar-refractivity contribution < 1.29 is 42.1 Å². The largest absolute Gasteiger partial charge is 0.472 e. The highest BCUT2D eigenvalue weighted by atomic mass is 31.2. The standard InChI is InChI=1S/C88H146NO8P/c1-6-8-10-12-14-16-18-20-22-24-26-28-30-32-34-36-38-40-41-42-43-44-45-46-47-49-51-53-55-57-59-61-63-65-67-69-71-73-75-77-79-81-88(91)97-86(85-96-98(92,93)95-83-82-89(3,4)5)84-94-87(90)80-78-76-74-72-70-68-66-64-62-60-58-56-54-52-50-48-39-37-35-33-31-29-27-25-23-21-19-17-15-13-11-9-7-2/h8-11,14-17,20-23,26-29,32-35,38,40,42-43,45-46,49,51,55,57,86H,6-7,12-13,18-19,24-25,30-31,36-37,39,41,44,47-48,50,52-54,56,58-85H2,1-5H3/p+1/b10-8-,11-9-,16-14-,17-15-,22-20-,23-21-,28-26-,29-27-,34-32-,35-33-,40-38-,43-42-,46-45-,51-49-,57-55-. The van der Waals surface area contributed by atoms with Gasteiger partial charge in [-0.3, -0.25) is 18.6 Å². The Morgan fingerprint density at radius 3 is 0.816 bits per heavy atom. The lowest BCUT2D eigenvalue weighted by atomic mass is 10.0. The van der Waals surface area contributed by atoms with Gasteiger partial charge in [-0.2, -0.15) is 0 Å². The fourth-order valence-corrected chi connectivity index (χ4v) is 11.2. The van der Waals surface area contributed by atoms with Crippen LogP contribution in [0.5, 0.6) is 0 Å². The number of quaternary nitrogens is 1. The fraction of sp³-hybridized carbons (Fsp3) is 0.636. The Morgan fingerprint density at radius 1 is 0.316 bits per heavy atom. The minimum Gasteiger partial charge on any atom is -0.462 e. The number of phosphoric acid groups is 1. The van der Waals surface area contributed by atoms with Crippen molar-refractivity contribution in [2.75, 3.05) is 47.5 Å². The number of unbranched alkanes of at least 4 members (excludes halogenated alkanes) is 27. The molecule has 556 valence electrons. The number of nitrogens with zero attached hydrogens (tertiary/aromatic N) is 1. The number of hydrogen-bond acceptors (Lipinski definition) is 7. The van der Waals surface area contributed by atoms with Gasteiger partial charge in [-0.25, -0.2) is 4.57 Å². The molecule has 0 fully saturated rings. The summed E-state index contributed by atoms with van der Waals surface area (Å²) in [6.45, 7) is 4.21. The van der Waals surface area contributed by atoms with Crippen LogP contribution in [0.25, 0.3) is 0 Å². The molecule has 0 aliphatic heterocycles. The minimum absolute atomic E-state index is 0.0238. The van der Waals surface area contributed by atoms with Crippen LogP contribution < -0.4 is 0 Å². The monoisotopic (exact) mass is 1380 g/mol. The Bertz CT molecular complexity index is 2320. The molecule has 0 saturated heterocycles. The third kappa shape index (κ3) is 80.1. The summed E-state index contributed by atoms with van der Waals surface area (Å²) in [5, 5.41) is 0. The maximum absolute atomic E-state index is 12.9. The summed E-state index contributed by atoms with van der Waals surface area (Å²) in [6, 6.07) is 0. The molecule has 10 heteroatoms. The second kappa shape index (κ2) is 76.3. The van der Waals surface area contributed by atoms with Crippen molar-refractivity contribution >= 4 is 19.8 Å². The summed E-state index contributed by atoms with van der Waals surface area (Å²) >= 11 is 0. The number of rotatable bonds is 71. The number of likely N-dealkylation sites (N-methyl/N-ethyl adjacent to an activating group) is 1. The van der Waals surface area contributed by atoms with E-state index in [0.717, 1.165) is 141 Å². The third-order valence-electron chi connectivity index (χ3n) is 16.4. The van der Waals surface area contributed by atoms with Gasteiger partial charge in [0.05, 0.1) is 27.7 Å². The van der Waals surface area contributed by atoms with Gasteiger partial charge in [0.1, 0.15) is 19.8 Å². The zero-order chi connectivity index (χ0) is 71.1. The number of ether oxygens (including phenoxy) is 2. The average Bonchev–Trinajstić information content (AvgIpc) is 1.08. The predicted octanol–water partition coefficient (Wildman–Crippen LogP) is 26.6. The van der Waals surface area contributed by atoms with Crippen LogP contribution >= 0.6 is 7.82 Å². The molecule has 0 aliphatic rings. The van der Waals surface area contributed by atoms with Crippen molar-refractivity contribution in [3.8, 4) is 0 Å². The number of allylic oxidation sites excluding steroid dienone is 30. The summed E-state index contributed by atoms with van der Waals surface area (Å²) in [5.74, 6) is -0.804. The van der Waals surface area contributed by atoms with Gasteiger partial charge in [0.15, 0.2) is 6.10 Å². The summed E-state index contributed by atoms with van der Waals surface area (Å²) < 4.78 is 34.8. The molecule has 9 nitrogen and oxygen atoms in total. The molecule has 0 aromatic carbocycles. The molecule has 0 spiro atoms. The topological polar surface area (TPSA) is 108 Å². The average molecular weight is 1380 g/mol. The van der Waals surface area contributed by atoms with Crippen molar-refractivity contribution in [2.24, 2.45) is 0 Å². The van der Waals surface area contributed by atoms with Crippen LogP contribution in [0.3, 0.4) is 0 Å². The Morgan fingerprint density at radius 2 is 0.551 bits per heavy atom. The lowest BCUT2D eigenvalue weighted by molar-refractivity contribution is -0.870. The lowest BCUT2D eigenvalue weighted by Gasteiger charge is -2.24. The van der Waals surface area contributed by atoms with Gasteiger partial charge in [-0.1, -0.05) is 344 Å². The first-order valence-corrected chi connectivity index (χ1v) is 41.0. The van der Waals surface area contributed by atoms with Crippen molar-refractivity contribution in [1.29, 1.82) is 0 Å². The molecule has 2 unspecified atom stereocenters. The molecule has 0 aromatic heterocycles. The molecule has 0 rings (SSSR count). The van der Waals surface area contributed by atoms with E-state index in [2.05, 4.69) is 196 Å². The highest BCUT2D eigenvalue weighted by Gasteiger charge is 2.27. The fourth-order valence-electron chi connectivity index (χ4n) is 10.5. The number of phosphoric ester groups is 1. The van der Waals surface area contributed by atoms with Crippen LogP contribution in [0.2, 0.25) is 0 Å². The summed E-state index contributed by atoms with van der Waals surface area (Å²) in [7, 11) is 1.46. The van der Waals surface area contributed by atoms with E-state index in [1.54, 1.807) is 0 Å². The number of carbonyl (C=O) groups is 2. The van der Waals surface area contributed by atoms with Crippen LogP contribution in [0, 0.1) is 0 Å². The minimum atomic E-state index is -4.41. The molecule has 1 N–H and O–H groups in total. The second-order valence-electron chi connectivity index (χ2n) is 27.0. The van der Waals surface area contributed by atoms with Gasteiger partial charge in [-0.05, 0) is 135 Å². The molecule has 0 radical (unpaired) electrons. The molecule has 0 bridgehead atoms. The SMILES string of the molecule is CC/C=C\C/C=C\C/C=C\C/C=C\C/C=C\C/C=C\C/C=C\C/C=C\C/C=C\C/C=C\CCCCCCCCCCCCC(=O)OC(COC(=O)CCCCCCCCCCCCCCCCCCC/C=C\C/C=C\C/C=C\C/C=C\C/C=C\CC)COP(=O)(O)OCC[N+](C)(C)C. The van der Waals surface area contributed by atoms with E-state index in [9.17, 15) is 19.0 Å². The quantitative estimate of drug-likeness (QED) is 0.0211. The van der Waals surface area contributed by atoms with Crippen molar-refractivity contribution in [3.63, 3.8) is 0 Å². The smallest absolute Gasteiger partial charge is 0.462 e. The van der Waals surface area contributed by atoms with Crippen LogP contribution in [-0.4, -0.2) is 74.9 Å². The van der Waals surface area contributed by atoms with E-state index in [1.807, 2.05) is 21.1 Å². The first-order chi connectivity index (χ1) is 48.0. The van der Waals surface area contributed by atoms with E-state index in [4.69, 9.17) is 18.5 Å². The Balaban J connectivity index is 4.05. The molecule has 98 heavy (non-hydrogen) atoms. The van der Waals surface area contributed by atoms with E-state index in [-0.39, 0.29) is 32.0 Å². The summed E-state index contributed by atoms with van der Waals surface area (Å²) in [6.07, 6.45) is 117. The van der Waals surface area contributed by atoms with Crippen LogP contribution in [0.15, 0.2) is 182 Å². The van der Waals surface area contributed by atoms with Gasteiger partial charge in [-0.15, -0.1) is 0 Å². The van der Waals surface area contributed by atoms with Crippen LogP contribution in [-0.2, 0) is 32.7 Å². The van der Waals surface area contributed by atoms with Crippen molar-refractivity contribution in [2.45, 2.75) is 315 Å². The van der Waals surface area contributed by atoms with E-state index in [0.29, 0.717) is 17.4 Å². The Kier molecular flexibility index (Phi) is 72.5. The number of esters is 2. The Hall–Kier alpha value is -4.89. The van der Waals surface area contributed by atoms with E-state index >= 15 is 0 Å². The molecule has 0 amide bonds. The van der Waals surface area contributed by atoms with E-state index in [1.165, 1.54) is 135 Å². The lowest BCUT2D eigenvalue weighted by Crippen LogP contribution is -2.37. The molecule has 0 aliphatic carbocycles. The summed E-state index contributed by atoms with van der Waals surface area (Å²) in [5.41, 5.74) is 0. The first kappa shape index (κ1) is 93.1. The highest BCUT2D eigenvalue weighted by Crippen LogP contribution is 2.43. The zero-order valence-corrected chi connectivity index (χ0v) is 64.3. The highest BCUT2D eigenvalue weighted by molar-refractivity contribution is 7.47. The third-order valence-corrected chi connectivity index (χ3v) is 17.4. The van der Waals surface area contributed by atoms with Crippen LogP contribution in [0.4, 0.5) is 0 Å². The molecule has 0 heterocycles. The van der Waals surface area contributed by atoms with Crippen LogP contribution in [0.1, 0.15) is 309 Å². The van der Waals surface area contributed by atoms with Crippen molar-refractivity contribution in [3.05, 3.63) is 182 Å². The van der Waals surface area contributed by atoms with Crippen molar-refractivity contribution in [1.82, 2.24) is 0 Å². The van der Waals surface area contributed by atoms with Gasteiger partial charge in [0.2, 0.25) is 0 Å². The molecule has 0 saturated carbocycles. The molecular weight excluding hydrogens is 1230 g/mol. The van der Waals surface area contributed by atoms with Gasteiger partial charge >= 0.3 is 19.8 Å². The molecule has 2 atom stereocenters. The predicted molar refractivity (Wildman–Crippen MR) is 426 cm³/mol. The molecular formula is C88H147NO8P+. The maximum Gasteiger partial charge on any atom is 0.472 e. The van der Waals surface area contributed by atoms with Gasteiger partial charge < -0.3 is 18.9 Å². The Labute approximate surface area is 603 Å². The second-order valence-corrected chi connectivity index (χ2v) is 28.4. The number of carbonyl (C=O) groups excluding carboxylic acids is 2. The number of hydrogen-bond donors (Lipinski definition) is 1. The summed E-state index contributed by atoms with van der Waals surface area (Å²) in [4.78, 5) is 36.0. The maximum atomic E-state index is 12.9. The molecule has 0 aromatic rings. The first-order valence-electron chi connectivity index (χ1n) is 39.5. The van der Waals surface area contributed by atoms with Gasteiger partial charge in [0, 0.05) is 12.8 Å².